The van der Waals surface area contributed by atoms with Gasteiger partial charge >= 0.3 is 7.12 Å². The predicted molar refractivity (Wildman–Crippen MR) is 95.4 cm³/mol. The molecule has 118 valence electrons. The van der Waals surface area contributed by atoms with Gasteiger partial charge in [0, 0.05) is 11.3 Å². The van der Waals surface area contributed by atoms with E-state index in [0.717, 1.165) is 11.0 Å². The Labute approximate surface area is 138 Å². The van der Waals surface area contributed by atoms with E-state index >= 15 is 0 Å². The van der Waals surface area contributed by atoms with Gasteiger partial charge in [0.15, 0.2) is 0 Å². The van der Waals surface area contributed by atoms with Gasteiger partial charge in [-0.15, -0.1) is 0 Å². The van der Waals surface area contributed by atoms with Crippen molar-refractivity contribution in [3.63, 3.8) is 0 Å². The van der Waals surface area contributed by atoms with Crippen molar-refractivity contribution in [3.8, 4) is 0 Å². The first-order valence-corrected chi connectivity index (χ1v) is 7.91. The van der Waals surface area contributed by atoms with Gasteiger partial charge in [-0.2, -0.15) is 12.6 Å². The first-order valence-electron chi connectivity index (χ1n) is 7.28. The largest absolute Gasteiger partial charge is 0.491 e. The van der Waals surface area contributed by atoms with Gasteiger partial charge in [-0.1, -0.05) is 30.3 Å². The summed E-state index contributed by atoms with van der Waals surface area (Å²) in [5.41, 5.74) is 7.34. The number of nitrogen functional groups attached to an aromatic ring is 1. The monoisotopic (exact) mass is 318 g/mol. The number of hydrogen-bond acceptors (Lipinski definition) is 4. The molecule has 0 atom stereocenters. The number of rotatable bonds is 4. The van der Waals surface area contributed by atoms with Crippen molar-refractivity contribution in [3.05, 3.63) is 40.9 Å². The first kappa shape index (κ1) is 17.1. The summed E-state index contributed by atoms with van der Waals surface area (Å²) in [6.07, 6.45) is 1.95. The Kier molecular flexibility index (Phi) is 4.75. The van der Waals surface area contributed by atoms with E-state index in [1.54, 1.807) is 0 Å². The average molecular weight is 318 g/mol. The number of thiol groups is 1. The zero-order valence-electron chi connectivity index (χ0n) is 13.5. The van der Waals surface area contributed by atoms with E-state index in [2.05, 4.69) is 12.6 Å². The standard InChI is InChI=1S/C16H23BN2O2S/c1-15(2)16(3,4)21-17(20-15)12(10-22)9-11-7-5-6-8-13(11)14(18)19/h5-9,22H,10H2,1-4H3,(H3,18,19). The van der Waals surface area contributed by atoms with Crippen LogP contribution >= 0.6 is 12.6 Å². The topological polar surface area (TPSA) is 68.3 Å². The number of hydrogen-bond donors (Lipinski definition) is 3. The maximum absolute atomic E-state index is 7.68. The second-order valence-corrected chi connectivity index (χ2v) is 6.78. The highest BCUT2D eigenvalue weighted by molar-refractivity contribution is 7.80. The molecule has 0 aromatic heterocycles. The van der Waals surface area contributed by atoms with Crippen LogP contribution in [0.1, 0.15) is 38.8 Å². The fourth-order valence-electron chi connectivity index (χ4n) is 2.25. The number of benzene rings is 1. The third-order valence-electron chi connectivity index (χ3n) is 4.33. The number of nitrogens with two attached hydrogens (primary N) is 1. The van der Waals surface area contributed by atoms with Crippen LogP contribution in [-0.2, 0) is 9.31 Å². The molecule has 0 spiro atoms. The minimum Gasteiger partial charge on any atom is -0.400 e. The molecule has 0 radical (unpaired) electrons. The van der Waals surface area contributed by atoms with Crippen LogP contribution in [0.5, 0.6) is 0 Å². The van der Waals surface area contributed by atoms with Gasteiger partial charge < -0.3 is 15.0 Å². The smallest absolute Gasteiger partial charge is 0.400 e. The van der Waals surface area contributed by atoms with E-state index in [9.17, 15) is 0 Å². The minimum absolute atomic E-state index is 0.0410. The van der Waals surface area contributed by atoms with Crippen molar-refractivity contribution >= 4 is 31.7 Å². The highest BCUT2D eigenvalue weighted by atomic mass is 32.1. The average Bonchev–Trinajstić information content (AvgIpc) is 2.64. The van der Waals surface area contributed by atoms with Crippen molar-refractivity contribution in [1.29, 1.82) is 5.41 Å². The van der Waals surface area contributed by atoms with Crippen LogP contribution in [0.15, 0.2) is 29.7 Å². The molecular formula is C16H23BN2O2S. The van der Waals surface area contributed by atoms with Gasteiger partial charge in [-0.25, -0.2) is 0 Å². The quantitative estimate of drug-likeness (QED) is 0.346. The SMILES string of the molecule is CC1(C)OB(C(=Cc2ccccc2C(=N)N)CS)OC1(C)C. The van der Waals surface area contributed by atoms with Gasteiger partial charge in [0.05, 0.1) is 11.2 Å². The lowest BCUT2D eigenvalue weighted by Crippen LogP contribution is -2.41. The molecule has 1 aliphatic rings. The molecule has 1 heterocycles. The van der Waals surface area contributed by atoms with Crippen molar-refractivity contribution in [2.24, 2.45) is 5.73 Å². The molecule has 0 unspecified atom stereocenters. The van der Waals surface area contributed by atoms with Crippen LogP contribution in [-0.4, -0.2) is 29.9 Å². The predicted octanol–water partition coefficient (Wildman–Crippen LogP) is 2.92. The molecule has 0 bridgehead atoms. The summed E-state index contributed by atoms with van der Waals surface area (Å²) in [5.74, 6) is 0.544. The van der Waals surface area contributed by atoms with E-state index in [4.69, 9.17) is 20.5 Å². The molecule has 0 aliphatic carbocycles. The summed E-state index contributed by atoms with van der Waals surface area (Å²) in [5, 5.41) is 7.68. The van der Waals surface area contributed by atoms with Crippen molar-refractivity contribution < 1.29 is 9.31 Å². The zero-order chi connectivity index (χ0) is 16.5. The van der Waals surface area contributed by atoms with Crippen LogP contribution in [0, 0.1) is 5.41 Å². The lowest BCUT2D eigenvalue weighted by atomic mass is 9.78. The Morgan fingerprint density at radius 3 is 2.27 bits per heavy atom. The van der Waals surface area contributed by atoms with Crippen LogP contribution in [0.4, 0.5) is 0 Å². The van der Waals surface area contributed by atoms with Crippen LogP contribution < -0.4 is 5.73 Å². The zero-order valence-corrected chi connectivity index (χ0v) is 14.4. The Hall–Kier alpha value is -1.24. The minimum atomic E-state index is -0.442. The van der Waals surface area contributed by atoms with Crippen LogP contribution in [0.25, 0.3) is 6.08 Å². The van der Waals surface area contributed by atoms with E-state index < -0.39 is 7.12 Å². The summed E-state index contributed by atoms with van der Waals surface area (Å²) in [7, 11) is -0.442. The Morgan fingerprint density at radius 2 is 1.77 bits per heavy atom. The molecular weight excluding hydrogens is 295 g/mol. The van der Waals surface area contributed by atoms with Gasteiger partial charge in [0.1, 0.15) is 5.84 Å². The van der Waals surface area contributed by atoms with Crippen molar-refractivity contribution in [2.45, 2.75) is 38.9 Å². The van der Waals surface area contributed by atoms with Gasteiger partial charge in [0.2, 0.25) is 0 Å². The molecule has 1 aromatic carbocycles. The van der Waals surface area contributed by atoms with Gasteiger partial charge in [-0.05, 0) is 38.7 Å². The molecule has 0 amide bonds. The van der Waals surface area contributed by atoms with Gasteiger partial charge in [-0.3, -0.25) is 5.41 Å². The second kappa shape index (κ2) is 6.10. The summed E-state index contributed by atoms with van der Waals surface area (Å²) in [6, 6.07) is 7.53. The summed E-state index contributed by atoms with van der Waals surface area (Å²) in [4.78, 5) is 0. The normalized spacial score (nSPS) is 20.2. The maximum atomic E-state index is 7.68. The summed E-state index contributed by atoms with van der Waals surface area (Å²) < 4.78 is 12.1. The molecule has 2 rings (SSSR count). The summed E-state index contributed by atoms with van der Waals surface area (Å²) >= 11 is 4.41. The first-order chi connectivity index (χ1) is 10.2. The molecule has 22 heavy (non-hydrogen) atoms. The molecule has 1 fully saturated rings. The lowest BCUT2D eigenvalue weighted by molar-refractivity contribution is 0.00578. The van der Waals surface area contributed by atoms with E-state index in [1.165, 1.54) is 0 Å². The third-order valence-corrected chi connectivity index (χ3v) is 4.70. The Morgan fingerprint density at radius 1 is 1.23 bits per heavy atom. The molecule has 1 aromatic rings. The highest BCUT2D eigenvalue weighted by Gasteiger charge is 2.52. The van der Waals surface area contributed by atoms with Gasteiger partial charge in [0.25, 0.3) is 0 Å². The van der Waals surface area contributed by atoms with E-state index in [0.29, 0.717) is 11.3 Å². The second-order valence-electron chi connectivity index (χ2n) is 6.47. The maximum Gasteiger partial charge on any atom is 0.491 e. The van der Waals surface area contributed by atoms with Crippen LogP contribution in [0.2, 0.25) is 0 Å². The lowest BCUT2D eigenvalue weighted by Gasteiger charge is -2.32. The third kappa shape index (κ3) is 3.24. The fourth-order valence-corrected chi connectivity index (χ4v) is 2.49. The molecule has 0 saturated carbocycles. The molecule has 3 N–H and O–H groups in total. The Balaban J connectivity index is 2.36. The van der Waals surface area contributed by atoms with Crippen molar-refractivity contribution in [2.75, 3.05) is 5.75 Å². The molecule has 1 saturated heterocycles. The number of nitrogens with one attached hydrogen (secondary N) is 1. The summed E-state index contributed by atoms with van der Waals surface area (Å²) in [6.45, 7) is 8.08. The fraction of sp³-hybridized carbons (Fsp3) is 0.438. The van der Waals surface area contributed by atoms with E-state index in [1.807, 2.05) is 58.0 Å². The van der Waals surface area contributed by atoms with Crippen LogP contribution in [0.3, 0.4) is 0 Å². The molecule has 1 aliphatic heterocycles. The van der Waals surface area contributed by atoms with Crippen molar-refractivity contribution in [1.82, 2.24) is 0 Å². The van der Waals surface area contributed by atoms with E-state index in [-0.39, 0.29) is 17.0 Å². The highest BCUT2D eigenvalue weighted by Crippen LogP contribution is 2.39. The number of amidine groups is 1. The molecule has 6 heteroatoms. The Bertz CT molecular complexity index is 598. The molecule has 4 nitrogen and oxygen atoms in total.